The number of hydrogen-bond acceptors (Lipinski definition) is 2. The van der Waals surface area contributed by atoms with E-state index in [2.05, 4.69) is 40.1 Å². The van der Waals surface area contributed by atoms with E-state index in [1.165, 1.54) is 25.7 Å². The van der Waals surface area contributed by atoms with Crippen molar-refractivity contribution in [1.29, 1.82) is 0 Å². The number of hydrogen-bond donors (Lipinski definition) is 1. The fraction of sp³-hybridized carbons (Fsp3) is 1.00. The molecule has 2 nitrogen and oxygen atoms in total. The molecule has 1 N–H and O–H groups in total. The Balaban J connectivity index is 2.41. The minimum atomic E-state index is 0.388. The van der Waals surface area contributed by atoms with Crippen LogP contribution in [-0.2, 0) is 4.84 Å². The summed E-state index contributed by atoms with van der Waals surface area (Å²) >= 11 is 0. The second-order valence-corrected chi connectivity index (χ2v) is 6.69. The highest BCUT2D eigenvalue weighted by atomic mass is 16.6. The second kappa shape index (κ2) is 6.02. The van der Waals surface area contributed by atoms with Crippen molar-refractivity contribution in [3.8, 4) is 0 Å². The molecule has 0 heterocycles. The lowest BCUT2D eigenvalue weighted by Crippen LogP contribution is -2.44. The molecule has 0 radical (unpaired) electrons. The zero-order valence-electron chi connectivity index (χ0n) is 11.7. The SMILES string of the molecule is CC(C)CONC1CCCCC1C(C)(C)C. The van der Waals surface area contributed by atoms with Crippen molar-refractivity contribution in [3.63, 3.8) is 0 Å². The first kappa shape index (κ1) is 14.0. The van der Waals surface area contributed by atoms with Crippen LogP contribution in [-0.4, -0.2) is 12.6 Å². The van der Waals surface area contributed by atoms with Crippen LogP contribution in [0.15, 0.2) is 0 Å². The predicted molar refractivity (Wildman–Crippen MR) is 69.1 cm³/mol. The molecule has 96 valence electrons. The third kappa shape index (κ3) is 4.42. The van der Waals surface area contributed by atoms with Crippen molar-refractivity contribution in [3.05, 3.63) is 0 Å². The Kier molecular flexibility index (Phi) is 5.26. The Morgan fingerprint density at radius 2 is 1.81 bits per heavy atom. The van der Waals surface area contributed by atoms with E-state index in [1.807, 2.05) is 0 Å². The molecule has 0 saturated heterocycles. The van der Waals surface area contributed by atoms with E-state index in [-0.39, 0.29) is 0 Å². The largest absolute Gasteiger partial charge is 0.301 e. The Morgan fingerprint density at radius 1 is 1.19 bits per heavy atom. The van der Waals surface area contributed by atoms with Crippen LogP contribution in [0.25, 0.3) is 0 Å². The van der Waals surface area contributed by atoms with E-state index in [0.717, 1.165) is 12.5 Å². The first-order chi connectivity index (χ1) is 7.41. The van der Waals surface area contributed by atoms with Crippen molar-refractivity contribution < 1.29 is 4.84 Å². The molecule has 2 heteroatoms. The summed E-state index contributed by atoms with van der Waals surface area (Å²) in [7, 11) is 0. The van der Waals surface area contributed by atoms with Gasteiger partial charge in [0.1, 0.15) is 0 Å². The highest BCUT2D eigenvalue weighted by Crippen LogP contribution is 2.37. The molecule has 1 saturated carbocycles. The van der Waals surface area contributed by atoms with Gasteiger partial charge in [0.25, 0.3) is 0 Å². The van der Waals surface area contributed by atoms with Crippen LogP contribution in [0.3, 0.4) is 0 Å². The van der Waals surface area contributed by atoms with Gasteiger partial charge in [0.2, 0.25) is 0 Å². The molecule has 1 aliphatic carbocycles. The van der Waals surface area contributed by atoms with Crippen LogP contribution < -0.4 is 5.48 Å². The molecule has 16 heavy (non-hydrogen) atoms. The molecule has 0 bridgehead atoms. The third-order valence-electron chi connectivity index (χ3n) is 3.53. The van der Waals surface area contributed by atoms with E-state index >= 15 is 0 Å². The normalized spacial score (nSPS) is 27.4. The van der Waals surface area contributed by atoms with Gasteiger partial charge in [0, 0.05) is 6.04 Å². The molecule has 2 unspecified atom stereocenters. The fourth-order valence-corrected chi connectivity index (χ4v) is 2.63. The van der Waals surface area contributed by atoms with Crippen LogP contribution in [0.1, 0.15) is 60.3 Å². The smallest absolute Gasteiger partial charge is 0.0705 e. The van der Waals surface area contributed by atoms with Gasteiger partial charge < -0.3 is 4.84 Å². The molecule has 2 atom stereocenters. The summed E-state index contributed by atoms with van der Waals surface area (Å²) in [6, 6.07) is 0.549. The van der Waals surface area contributed by atoms with Crippen molar-refractivity contribution in [1.82, 2.24) is 5.48 Å². The standard InChI is InChI=1S/C14H29NO/c1-11(2)10-16-15-13-9-7-6-8-12(13)14(3,4)5/h11-13,15H,6-10H2,1-5H3. The number of rotatable bonds is 4. The molecule has 1 rings (SSSR count). The van der Waals surface area contributed by atoms with Crippen LogP contribution in [0.5, 0.6) is 0 Å². The fourth-order valence-electron chi connectivity index (χ4n) is 2.63. The van der Waals surface area contributed by atoms with Crippen molar-refractivity contribution in [2.24, 2.45) is 17.3 Å². The minimum Gasteiger partial charge on any atom is -0.301 e. The Labute approximate surface area is 101 Å². The van der Waals surface area contributed by atoms with Crippen LogP contribution in [0.4, 0.5) is 0 Å². The highest BCUT2D eigenvalue weighted by molar-refractivity contribution is 4.86. The zero-order chi connectivity index (χ0) is 12.2. The Bertz CT molecular complexity index is 195. The summed E-state index contributed by atoms with van der Waals surface area (Å²) in [5.41, 5.74) is 3.70. The van der Waals surface area contributed by atoms with E-state index in [9.17, 15) is 0 Å². The summed E-state index contributed by atoms with van der Waals surface area (Å²) in [5, 5.41) is 0. The first-order valence-corrected chi connectivity index (χ1v) is 6.78. The quantitative estimate of drug-likeness (QED) is 0.738. The molecule has 0 amide bonds. The summed E-state index contributed by atoms with van der Waals surface area (Å²) in [4.78, 5) is 5.61. The van der Waals surface area contributed by atoms with Crippen molar-refractivity contribution in [2.75, 3.05) is 6.61 Å². The van der Waals surface area contributed by atoms with Gasteiger partial charge >= 0.3 is 0 Å². The minimum absolute atomic E-state index is 0.388. The molecule has 0 aromatic rings. The summed E-state index contributed by atoms with van der Waals surface area (Å²) in [6.45, 7) is 12.2. The van der Waals surface area contributed by atoms with E-state index < -0.39 is 0 Å². The first-order valence-electron chi connectivity index (χ1n) is 6.78. The maximum absolute atomic E-state index is 5.61. The van der Waals surface area contributed by atoms with Gasteiger partial charge in [-0.1, -0.05) is 47.5 Å². The van der Waals surface area contributed by atoms with E-state index in [0.29, 0.717) is 17.4 Å². The average Bonchev–Trinajstić information content (AvgIpc) is 2.16. The lowest BCUT2D eigenvalue weighted by Gasteiger charge is -2.40. The van der Waals surface area contributed by atoms with Crippen molar-refractivity contribution in [2.45, 2.75) is 66.3 Å². The lowest BCUT2D eigenvalue weighted by atomic mass is 9.70. The third-order valence-corrected chi connectivity index (χ3v) is 3.53. The lowest BCUT2D eigenvalue weighted by molar-refractivity contribution is -0.0386. The van der Waals surface area contributed by atoms with Gasteiger partial charge in [-0.15, -0.1) is 0 Å². The molecular formula is C14H29NO. The molecule has 0 aromatic carbocycles. The maximum atomic E-state index is 5.61. The van der Waals surface area contributed by atoms with Gasteiger partial charge in [-0.3, -0.25) is 0 Å². The summed E-state index contributed by atoms with van der Waals surface area (Å²) in [6.07, 6.45) is 5.33. The van der Waals surface area contributed by atoms with Crippen LogP contribution in [0, 0.1) is 17.3 Å². The molecule has 1 aliphatic rings. The van der Waals surface area contributed by atoms with Crippen LogP contribution in [0.2, 0.25) is 0 Å². The molecular weight excluding hydrogens is 198 g/mol. The Hall–Kier alpha value is -0.0800. The van der Waals surface area contributed by atoms with E-state index in [4.69, 9.17) is 4.84 Å². The van der Waals surface area contributed by atoms with Gasteiger partial charge in [-0.05, 0) is 30.1 Å². The summed E-state index contributed by atoms with van der Waals surface area (Å²) < 4.78 is 0. The van der Waals surface area contributed by atoms with Crippen LogP contribution >= 0.6 is 0 Å². The van der Waals surface area contributed by atoms with Gasteiger partial charge in [-0.2, -0.15) is 5.48 Å². The predicted octanol–water partition coefficient (Wildman–Crippen LogP) is 3.77. The molecule has 1 fully saturated rings. The van der Waals surface area contributed by atoms with Gasteiger partial charge in [0.05, 0.1) is 6.61 Å². The monoisotopic (exact) mass is 227 g/mol. The van der Waals surface area contributed by atoms with E-state index in [1.54, 1.807) is 0 Å². The molecule has 0 aromatic heterocycles. The average molecular weight is 227 g/mol. The topological polar surface area (TPSA) is 21.3 Å². The molecule has 0 aliphatic heterocycles. The number of hydroxylamine groups is 1. The zero-order valence-corrected chi connectivity index (χ0v) is 11.7. The number of nitrogens with one attached hydrogen (secondary N) is 1. The Morgan fingerprint density at radius 3 is 2.38 bits per heavy atom. The van der Waals surface area contributed by atoms with Gasteiger partial charge in [-0.25, -0.2) is 0 Å². The van der Waals surface area contributed by atoms with Crippen molar-refractivity contribution >= 4 is 0 Å². The maximum Gasteiger partial charge on any atom is 0.0705 e. The second-order valence-electron chi connectivity index (χ2n) is 6.69. The summed E-state index contributed by atoms with van der Waals surface area (Å²) in [5.74, 6) is 1.34. The highest BCUT2D eigenvalue weighted by Gasteiger charge is 2.34. The van der Waals surface area contributed by atoms with Gasteiger partial charge in [0.15, 0.2) is 0 Å². The molecule has 0 spiro atoms.